The van der Waals surface area contributed by atoms with Gasteiger partial charge in [0.15, 0.2) is 0 Å². The minimum Gasteiger partial charge on any atom is -0.392 e. The predicted molar refractivity (Wildman–Crippen MR) is 88.7 cm³/mol. The molecular formula is C15H14Br2OS. The normalized spacial score (nSPS) is 12.4. The Bertz CT molecular complexity index is 528. The standard InChI is InChI=1S/C15H14Br2OS/c16-12-7-5-11(6-8-12)9-13(18)10-19-15-4-2-1-3-14(15)17/h1-8,13,18H,9-10H2. The first-order valence-corrected chi connectivity index (χ1v) is 8.52. The van der Waals surface area contributed by atoms with E-state index in [1.54, 1.807) is 11.8 Å². The molecule has 0 aliphatic heterocycles. The molecule has 0 radical (unpaired) electrons. The summed E-state index contributed by atoms with van der Waals surface area (Å²) in [6.45, 7) is 0. The molecule has 0 fully saturated rings. The van der Waals surface area contributed by atoms with Crippen LogP contribution >= 0.6 is 43.6 Å². The van der Waals surface area contributed by atoms with Gasteiger partial charge in [-0.1, -0.05) is 40.2 Å². The van der Waals surface area contributed by atoms with Gasteiger partial charge in [-0.25, -0.2) is 0 Å². The molecule has 0 aromatic heterocycles. The lowest BCUT2D eigenvalue weighted by Gasteiger charge is -2.11. The SMILES string of the molecule is OC(CSc1ccccc1Br)Cc1ccc(Br)cc1. The Morgan fingerprint density at radius 3 is 2.37 bits per heavy atom. The van der Waals surface area contributed by atoms with Gasteiger partial charge in [0.1, 0.15) is 0 Å². The number of thioether (sulfide) groups is 1. The van der Waals surface area contributed by atoms with E-state index in [2.05, 4.69) is 37.9 Å². The monoisotopic (exact) mass is 400 g/mol. The van der Waals surface area contributed by atoms with Gasteiger partial charge in [0.25, 0.3) is 0 Å². The van der Waals surface area contributed by atoms with Crippen molar-refractivity contribution < 1.29 is 5.11 Å². The zero-order chi connectivity index (χ0) is 13.7. The fraction of sp³-hybridized carbons (Fsp3) is 0.200. The minimum absolute atomic E-state index is 0.335. The summed E-state index contributed by atoms with van der Waals surface area (Å²) in [5.74, 6) is 0.693. The quantitative estimate of drug-likeness (QED) is 0.718. The summed E-state index contributed by atoms with van der Waals surface area (Å²) in [6, 6.07) is 16.2. The molecule has 100 valence electrons. The predicted octanol–water partition coefficient (Wildman–Crippen LogP) is 4.91. The molecule has 0 amide bonds. The van der Waals surface area contributed by atoms with Crippen molar-refractivity contribution in [1.29, 1.82) is 0 Å². The third-order valence-electron chi connectivity index (χ3n) is 2.65. The lowest BCUT2D eigenvalue weighted by atomic mass is 10.1. The fourth-order valence-corrected chi connectivity index (χ4v) is 3.46. The number of hydrogen-bond acceptors (Lipinski definition) is 2. The highest BCUT2D eigenvalue weighted by molar-refractivity contribution is 9.10. The third kappa shape index (κ3) is 4.95. The summed E-state index contributed by atoms with van der Waals surface area (Å²) in [7, 11) is 0. The molecule has 0 saturated carbocycles. The Hall–Kier alpha value is -0.290. The largest absolute Gasteiger partial charge is 0.392 e. The molecule has 2 aromatic carbocycles. The number of aliphatic hydroxyl groups is 1. The maximum atomic E-state index is 10.1. The fourth-order valence-electron chi connectivity index (χ4n) is 1.70. The van der Waals surface area contributed by atoms with E-state index in [1.807, 2.05) is 42.5 Å². The average Bonchev–Trinajstić information content (AvgIpc) is 2.40. The van der Waals surface area contributed by atoms with Gasteiger partial charge in [-0.3, -0.25) is 0 Å². The van der Waals surface area contributed by atoms with E-state index in [0.717, 1.165) is 19.4 Å². The van der Waals surface area contributed by atoms with Crippen molar-refractivity contribution in [3.63, 3.8) is 0 Å². The van der Waals surface area contributed by atoms with Crippen molar-refractivity contribution >= 4 is 43.6 Å². The zero-order valence-corrected chi connectivity index (χ0v) is 14.2. The highest BCUT2D eigenvalue weighted by Crippen LogP contribution is 2.27. The van der Waals surface area contributed by atoms with Gasteiger partial charge < -0.3 is 5.11 Å². The summed E-state index contributed by atoms with van der Waals surface area (Å²) < 4.78 is 2.14. The van der Waals surface area contributed by atoms with Crippen molar-refractivity contribution in [3.8, 4) is 0 Å². The lowest BCUT2D eigenvalue weighted by Crippen LogP contribution is -2.13. The van der Waals surface area contributed by atoms with Gasteiger partial charge in [-0.2, -0.15) is 0 Å². The van der Waals surface area contributed by atoms with Crippen LogP contribution in [-0.4, -0.2) is 17.0 Å². The molecule has 1 N–H and O–H groups in total. The van der Waals surface area contributed by atoms with Crippen molar-refractivity contribution in [3.05, 3.63) is 63.0 Å². The third-order valence-corrected chi connectivity index (χ3v) is 5.35. The molecule has 19 heavy (non-hydrogen) atoms. The molecule has 0 aliphatic carbocycles. The van der Waals surface area contributed by atoms with Crippen molar-refractivity contribution in [2.75, 3.05) is 5.75 Å². The number of aliphatic hydroxyl groups excluding tert-OH is 1. The van der Waals surface area contributed by atoms with Crippen LogP contribution in [-0.2, 0) is 6.42 Å². The second-order valence-electron chi connectivity index (χ2n) is 4.23. The van der Waals surface area contributed by atoms with Gasteiger partial charge in [0, 0.05) is 19.6 Å². The number of hydrogen-bond donors (Lipinski definition) is 1. The highest BCUT2D eigenvalue weighted by atomic mass is 79.9. The molecule has 1 nitrogen and oxygen atoms in total. The maximum Gasteiger partial charge on any atom is 0.0674 e. The number of benzene rings is 2. The van der Waals surface area contributed by atoms with E-state index in [0.29, 0.717) is 12.2 Å². The number of halogens is 2. The van der Waals surface area contributed by atoms with Gasteiger partial charge >= 0.3 is 0 Å². The first-order chi connectivity index (χ1) is 9.15. The topological polar surface area (TPSA) is 20.2 Å². The molecule has 1 unspecified atom stereocenters. The Morgan fingerprint density at radius 1 is 1.00 bits per heavy atom. The zero-order valence-electron chi connectivity index (χ0n) is 10.2. The second kappa shape index (κ2) is 7.48. The molecule has 2 aromatic rings. The van der Waals surface area contributed by atoms with Crippen LogP contribution in [0.2, 0.25) is 0 Å². The van der Waals surface area contributed by atoms with Crippen LogP contribution in [0.3, 0.4) is 0 Å². The van der Waals surface area contributed by atoms with Crippen LogP contribution in [0.5, 0.6) is 0 Å². The Balaban J connectivity index is 1.86. The number of rotatable bonds is 5. The molecular weight excluding hydrogens is 388 g/mol. The van der Waals surface area contributed by atoms with Crippen LogP contribution in [0.1, 0.15) is 5.56 Å². The van der Waals surface area contributed by atoms with Gasteiger partial charge in [-0.15, -0.1) is 11.8 Å². The van der Waals surface area contributed by atoms with E-state index >= 15 is 0 Å². The van der Waals surface area contributed by atoms with Crippen LogP contribution in [0.25, 0.3) is 0 Å². The van der Waals surface area contributed by atoms with Crippen LogP contribution < -0.4 is 0 Å². The highest BCUT2D eigenvalue weighted by Gasteiger charge is 2.08. The Kier molecular flexibility index (Phi) is 5.95. The second-order valence-corrected chi connectivity index (χ2v) is 7.06. The molecule has 4 heteroatoms. The van der Waals surface area contributed by atoms with Gasteiger partial charge in [0.2, 0.25) is 0 Å². The van der Waals surface area contributed by atoms with E-state index in [1.165, 1.54) is 0 Å². The smallest absolute Gasteiger partial charge is 0.0674 e. The van der Waals surface area contributed by atoms with E-state index in [4.69, 9.17) is 0 Å². The van der Waals surface area contributed by atoms with Crippen LogP contribution in [0.4, 0.5) is 0 Å². The lowest BCUT2D eigenvalue weighted by molar-refractivity contribution is 0.200. The molecule has 0 bridgehead atoms. The minimum atomic E-state index is -0.335. The first-order valence-electron chi connectivity index (χ1n) is 5.95. The van der Waals surface area contributed by atoms with Crippen LogP contribution in [0, 0.1) is 0 Å². The van der Waals surface area contributed by atoms with Gasteiger partial charge in [-0.05, 0) is 52.2 Å². The molecule has 0 spiro atoms. The van der Waals surface area contributed by atoms with Crippen molar-refractivity contribution in [1.82, 2.24) is 0 Å². The summed E-state index contributed by atoms with van der Waals surface area (Å²) in [5, 5.41) is 10.1. The molecule has 1 atom stereocenters. The summed E-state index contributed by atoms with van der Waals surface area (Å²) in [5.41, 5.74) is 1.16. The molecule has 0 saturated heterocycles. The molecule has 0 aliphatic rings. The van der Waals surface area contributed by atoms with Crippen molar-refractivity contribution in [2.45, 2.75) is 17.4 Å². The first kappa shape index (κ1) is 15.1. The molecule has 2 rings (SSSR count). The van der Waals surface area contributed by atoms with E-state index < -0.39 is 0 Å². The van der Waals surface area contributed by atoms with E-state index in [-0.39, 0.29) is 6.10 Å². The Labute approximate surface area is 134 Å². The average molecular weight is 402 g/mol. The van der Waals surface area contributed by atoms with Crippen molar-refractivity contribution in [2.24, 2.45) is 0 Å². The summed E-state index contributed by atoms with van der Waals surface area (Å²) >= 11 is 8.59. The van der Waals surface area contributed by atoms with Crippen LogP contribution in [0.15, 0.2) is 62.4 Å². The Morgan fingerprint density at radius 2 is 1.68 bits per heavy atom. The summed E-state index contributed by atoms with van der Waals surface area (Å²) in [6.07, 6.45) is 0.350. The summed E-state index contributed by atoms with van der Waals surface area (Å²) in [4.78, 5) is 1.16. The van der Waals surface area contributed by atoms with Gasteiger partial charge in [0.05, 0.1) is 6.10 Å². The maximum absolute atomic E-state index is 10.1. The van der Waals surface area contributed by atoms with E-state index in [9.17, 15) is 5.11 Å². The molecule has 0 heterocycles.